The van der Waals surface area contributed by atoms with E-state index in [0.717, 1.165) is 11.8 Å². The minimum atomic E-state index is -4.27. The van der Waals surface area contributed by atoms with E-state index < -0.39 is 20.1 Å². The molecule has 1 aromatic carbocycles. The zero-order chi connectivity index (χ0) is 21.0. The van der Waals surface area contributed by atoms with Gasteiger partial charge in [0.2, 0.25) is 10.0 Å². The van der Waals surface area contributed by atoms with Crippen molar-refractivity contribution in [2.24, 2.45) is 0 Å². The van der Waals surface area contributed by atoms with E-state index in [9.17, 15) is 21.4 Å². The van der Waals surface area contributed by atoms with Crippen molar-refractivity contribution >= 4 is 20.1 Å². The molecule has 0 fully saturated rings. The predicted octanol–water partition coefficient (Wildman–Crippen LogP) is -0.644. The quantitative estimate of drug-likeness (QED) is 0.522. The van der Waals surface area contributed by atoms with Gasteiger partial charge < -0.3 is 19.7 Å². The lowest BCUT2D eigenvalue weighted by molar-refractivity contribution is 0.138. The number of aliphatic hydroxyl groups excluding tert-OH is 2. The summed E-state index contributed by atoms with van der Waals surface area (Å²) in [5, 5.41) is 17.2. The van der Waals surface area contributed by atoms with Crippen LogP contribution in [0.2, 0.25) is 0 Å². The van der Waals surface area contributed by atoms with Crippen LogP contribution in [0.5, 0.6) is 0 Å². The van der Waals surface area contributed by atoms with Crippen molar-refractivity contribution in [1.29, 1.82) is 0 Å². The Morgan fingerprint density at radius 3 is 1.73 bits per heavy atom. The summed E-state index contributed by atoms with van der Waals surface area (Å²) < 4.78 is 53.0. The molecule has 0 saturated carbocycles. The number of sulfonamides is 1. The van der Waals surface area contributed by atoms with Gasteiger partial charge in [0, 0.05) is 12.6 Å². The van der Waals surface area contributed by atoms with Crippen LogP contribution < -0.4 is 4.72 Å². The lowest BCUT2D eigenvalue weighted by atomic mass is 10.2. The molecule has 1 aromatic rings. The van der Waals surface area contributed by atoms with Crippen LogP contribution in [0.25, 0.3) is 0 Å². The fraction of sp³-hybridized carbons (Fsp3) is 0.600. The second-order valence-electron chi connectivity index (χ2n) is 5.56. The Balaban J connectivity index is 0. The van der Waals surface area contributed by atoms with Crippen molar-refractivity contribution in [1.82, 2.24) is 9.62 Å². The molecule has 0 spiro atoms. The highest BCUT2D eigenvalue weighted by Crippen LogP contribution is 2.08. The molecule has 0 bridgehead atoms. The van der Waals surface area contributed by atoms with Crippen molar-refractivity contribution in [3.63, 3.8) is 0 Å². The molecular weight excluding hydrogens is 384 g/mol. The number of nitrogens with zero attached hydrogens (tertiary/aromatic N) is 1. The van der Waals surface area contributed by atoms with Gasteiger partial charge in [-0.25, -0.2) is 21.6 Å². The van der Waals surface area contributed by atoms with Crippen LogP contribution in [0.1, 0.15) is 12.0 Å². The predicted molar refractivity (Wildman–Crippen MR) is 99.3 cm³/mol. The first-order valence-electron chi connectivity index (χ1n) is 7.57. The Morgan fingerprint density at radius 1 is 1.12 bits per heavy atom. The van der Waals surface area contributed by atoms with E-state index in [4.69, 9.17) is 10.2 Å². The summed E-state index contributed by atoms with van der Waals surface area (Å²) in [6, 6.07) is 5.89. The van der Waals surface area contributed by atoms with Crippen molar-refractivity contribution < 1.29 is 31.6 Å². The number of hydrogen-bond donors (Lipinski definition) is 3. The van der Waals surface area contributed by atoms with Gasteiger partial charge in [0.25, 0.3) is 0 Å². The van der Waals surface area contributed by atoms with Gasteiger partial charge in [0.1, 0.15) is 10.1 Å². The maximum absolute atomic E-state index is 10.4. The van der Waals surface area contributed by atoms with Crippen molar-refractivity contribution in [2.75, 3.05) is 40.6 Å². The molecule has 0 radical (unpaired) electrons. The number of rotatable bonds is 6. The van der Waals surface area contributed by atoms with Crippen LogP contribution in [-0.2, 0) is 20.1 Å². The van der Waals surface area contributed by atoms with E-state index in [1.807, 2.05) is 25.9 Å². The maximum Gasteiger partial charge on any atom is 0.208 e. The monoisotopic (exact) mass is 413 g/mol. The minimum Gasteiger partial charge on any atom is -0.744 e. The standard InChI is InChI=1S/C7H8O3S.C6H15NO2.C2H7NO2S/c1-6-2-4-7(5-3-6)11(8,9)10;1-7(2)6(5-9)3-4-8;1-3-6(2,4)5/h2-5H,1H3,(H,8,9,10);6,8-9H,3-5H2,1-2H3;3H,1-2H3/p-1. The summed E-state index contributed by atoms with van der Waals surface area (Å²) in [5.41, 5.74) is 0.928. The molecule has 0 heterocycles. The minimum absolute atomic E-state index is 0.106. The Hall–Kier alpha value is -1.08. The van der Waals surface area contributed by atoms with Crippen molar-refractivity contribution in [3.05, 3.63) is 29.8 Å². The summed E-state index contributed by atoms with van der Waals surface area (Å²) in [6.07, 6.45) is 1.75. The average molecular weight is 414 g/mol. The van der Waals surface area contributed by atoms with Crippen molar-refractivity contribution in [2.45, 2.75) is 24.3 Å². The van der Waals surface area contributed by atoms with Gasteiger partial charge in [0.15, 0.2) is 0 Å². The first-order chi connectivity index (χ1) is 11.8. The first kappa shape index (κ1) is 27.1. The summed E-state index contributed by atoms with van der Waals surface area (Å²) in [5.74, 6) is 0. The Bertz CT molecular complexity index is 687. The van der Waals surface area contributed by atoms with Gasteiger partial charge >= 0.3 is 0 Å². The number of aliphatic hydroxyl groups is 2. The van der Waals surface area contributed by atoms with Crippen LogP contribution in [0.15, 0.2) is 29.2 Å². The smallest absolute Gasteiger partial charge is 0.208 e. The number of hydrogen-bond acceptors (Lipinski definition) is 8. The van der Waals surface area contributed by atoms with E-state index in [0.29, 0.717) is 6.42 Å². The third kappa shape index (κ3) is 15.2. The molecule has 0 saturated heterocycles. The molecule has 0 aromatic heterocycles. The molecule has 11 heteroatoms. The molecule has 0 aliphatic carbocycles. The molecule has 26 heavy (non-hydrogen) atoms. The molecule has 9 nitrogen and oxygen atoms in total. The van der Waals surface area contributed by atoms with Gasteiger partial charge in [-0.15, -0.1) is 0 Å². The lowest BCUT2D eigenvalue weighted by Gasteiger charge is -2.20. The summed E-state index contributed by atoms with van der Waals surface area (Å²) in [4.78, 5) is 1.72. The number of benzene rings is 1. The summed E-state index contributed by atoms with van der Waals surface area (Å²) in [7, 11) is -2.04. The molecule has 0 amide bonds. The molecule has 0 aliphatic heterocycles. The van der Waals surface area contributed by atoms with Gasteiger partial charge in [-0.1, -0.05) is 17.7 Å². The van der Waals surface area contributed by atoms with Gasteiger partial charge in [-0.3, -0.25) is 0 Å². The second kappa shape index (κ2) is 13.1. The van der Waals surface area contributed by atoms with Gasteiger partial charge in [-0.2, -0.15) is 0 Å². The zero-order valence-corrected chi connectivity index (χ0v) is 17.3. The van der Waals surface area contributed by atoms with E-state index in [-0.39, 0.29) is 24.2 Å². The van der Waals surface area contributed by atoms with E-state index in [2.05, 4.69) is 4.72 Å². The highest BCUT2D eigenvalue weighted by Gasteiger charge is 2.07. The maximum atomic E-state index is 10.4. The Labute approximate surface area is 156 Å². The van der Waals surface area contributed by atoms with Gasteiger partial charge in [0.05, 0.1) is 17.8 Å². The Kier molecular flexibility index (Phi) is 13.7. The zero-order valence-electron chi connectivity index (χ0n) is 15.7. The summed E-state index contributed by atoms with van der Waals surface area (Å²) >= 11 is 0. The average Bonchev–Trinajstić information content (AvgIpc) is 2.52. The van der Waals surface area contributed by atoms with Crippen LogP contribution in [-0.4, -0.2) is 83.2 Å². The van der Waals surface area contributed by atoms with E-state index in [1.54, 1.807) is 12.1 Å². The second-order valence-corrected chi connectivity index (χ2v) is 8.89. The number of aryl methyl sites for hydroxylation is 1. The molecule has 1 unspecified atom stereocenters. The fourth-order valence-corrected chi connectivity index (χ4v) is 1.84. The molecule has 1 rings (SSSR count). The first-order valence-corrected chi connectivity index (χ1v) is 10.9. The topological polar surface area (TPSA) is 147 Å². The van der Waals surface area contributed by atoms with E-state index in [1.165, 1.54) is 19.2 Å². The largest absolute Gasteiger partial charge is 0.744 e. The highest BCUT2D eigenvalue weighted by atomic mass is 32.2. The van der Waals surface area contributed by atoms with Crippen LogP contribution in [0, 0.1) is 6.92 Å². The molecule has 1 atom stereocenters. The van der Waals surface area contributed by atoms with E-state index >= 15 is 0 Å². The van der Waals surface area contributed by atoms with Crippen molar-refractivity contribution in [3.8, 4) is 0 Å². The third-order valence-electron chi connectivity index (χ3n) is 3.08. The Morgan fingerprint density at radius 2 is 1.54 bits per heavy atom. The van der Waals surface area contributed by atoms with Crippen LogP contribution in [0.4, 0.5) is 0 Å². The van der Waals surface area contributed by atoms with Crippen LogP contribution >= 0.6 is 0 Å². The molecule has 0 aliphatic rings. The molecule has 3 N–H and O–H groups in total. The number of nitrogens with one attached hydrogen (secondary N) is 1. The van der Waals surface area contributed by atoms with Gasteiger partial charge in [-0.05, 0) is 46.6 Å². The molecular formula is C15H29N2O7S2-. The fourth-order valence-electron chi connectivity index (χ4n) is 1.37. The molecule has 154 valence electrons. The highest BCUT2D eigenvalue weighted by molar-refractivity contribution is 7.88. The number of likely N-dealkylation sites (N-methyl/N-ethyl adjacent to an activating group) is 1. The van der Waals surface area contributed by atoms with Crippen LogP contribution in [0.3, 0.4) is 0 Å². The third-order valence-corrected chi connectivity index (χ3v) is 4.67. The normalized spacial score (nSPS) is 12.5. The lowest BCUT2D eigenvalue weighted by Crippen LogP contribution is -2.32. The SMILES string of the molecule is CN(C)C(CO)CCO.CNS(C)(=O)=O.Cc1ccc(S(=O)(=O)[O-])cc1. The summed E-state index contributed by atoms with van der Waals surface area (Å²) in [6.45, 7) is 2.08.